The van der Waals surface area contributed by atoms with Gasteiger partial charge >= 0.3 is 0 Å². The molecule has 0 saturated heterocycles. The van der Waals surface area contributed by atoms with Crippen LogP contribution in [0.2, 0.25) is 0 Å². The molecule has 0 saturated carbocycles. The van der Waals surface area contributed by atoms with Crippen LogP contribution in [-0.4, -0.2) is 0 Å². The molecule has 0 aliphatic rings. The molecule has 0 aromatic heterocycles. The lowest BCUT2D eigenvalue weighted by molar-refractivity contribution is 0.442. The second-order valence-corrected chi connectivity index (χ2v) is 5.63. The van der Waals surface area contributed by atoms with Crippen LogP contribution < -0.4 is 0 Å². The molecule has 0 nitrogen and oxygen atoms in total. The molecule has 0 aromatic carbocycles. The molecule has 94 valence electrons. The van der Waals surface area contributed by atoms with E-state index in [-0.39, 0.29) is 0 Å². The van der Waals surface area contributed by atoms with Crippen LogP contribution in [0.5, 0.6) is 0 Å². The standard InChI is InChI=1S/C16H30/c1-7-14(4)8-9-15(5)10-11-16(6)12-13(2)3/h8,10,13,16H,7,9,11-12H2,1-6H3/b14-8+,15-10-. The topological polar surface area (TPSA) is 0 Å². The van der Waals surface area contributed by atoms with Gasteiger partial charge in [0.1, 0.15) is 0 Å². The molecule has 0 fully saturated rings. The van der Waals surface area contributed by atoms with Crippen LogP contribution in [0.25, 0.3) is 0 Å². The third-order valence-corrected chi connectivity index (χ3v) is 3.07. The third-order valence-electron chi connectivity index (χ3n) is 3.07. The van der Waals surface area contributed by atoms with E-state index in [9.17, 15) is 0 Å². The molecule has 0 rings (SSSR count). The van der Waals surface area contributed by atoms with Gasteiger partial charge in [-0.3, -0.25) is 0 Å². The van der Waals surface area contributed by atoms with E-state index >= 15 is 0 Å². The Morgan fingerprint density at radius 1 is 1.00 bits per heavy atom. The van der Waals surface area contributed by atoms with Crippen molar-refractivity contribution in [3.63, 3.8) is 0 Å². The van der Waals surface area contributed by atoms with E-state index in [0.29, 0.717) is 0 Å². The monoisotopic (exact) mass is 222 g/mol. The van der Waals surface area contributed by atoms with E-state index in [2.05, 4.69) is 53.7 Å². The molecule has 1 atom stereocenters. The molecule has 16 heavy (non-hydrogen) atoms. The average Bonchev–Trinajstić information content (AvgIpc) is 2.22. The lowest BCUT2D eigenvalue weighted by atomic mass is 9.95. The van der Waals surface area contributed by atoms with Crippen molar-refractivity contribution in [2.45, 2.75) is 67.2 Å². The fourth-order valence-electron chi connectivity index (χ4n) is 1.87. The van der Waals surface area contributed by atoms with Gasteiger partial charge in [-0.25, -0.2) is 0 Å². The van der Waals surface area contributed by atoms with Gasteiger partial charge in [-0.15, -0.1) is 0 Å². The van der Waals surface area contributed by atoms with Gasteiger partial charge in [0.05, 0.1) is 0 Å². The van der Waals surface area contributed by atoms with E-state index in [1.807, 2.05) is 0 Å². The molecule has 0 heterocycles. The lowest BCUT2D eigenvalue weighted by Gasteiger charge is -2.11. The Morgan fingerprint density at radius 3 is 2.12 bits per heavy atom. The molecule has 0 bridgehead atoms. The predicted molar refractivity (Wildman–Crippen MR) is 75.7 cm³/mol. The summed E-state index contributed by atoms with van der Waals surface area (Å²) in [7, 11) is 0. The summed E-state index contributed by atoms with van der Waals surface area (Å²) < 4.78 is 0. The number of allylic oxidation sites excluding steroid dienone is 4. The van der Waals surface area contributed by atoms with Gasteiger partial charge < -0.3 is 0 Å². The minimum Gasteiger partial charge on any atom is -0.0850 e. The van der Waals surface area contributed by atoms with Crippen LogP contribution in [0, 0.1) is 11.8 Å². The Morgan fingerprint density at radius 2 is 1.62 bits per heavy atom. The van der Waals surface area contributed by atoms with Gasteiger partial charge in [0, 0.05) is 0 Å². The summed E-state index contributed by atoms with van der Waals surface area (Å²) in [5.41, 5.74) is 3.02. The number of rotatable bonds is 7. The third kappa shape index (κ3) is 8.76. The second-order valence-electron chi connectivity index (χ2n) is 5.63. The smallest absolute Gasteiger partial charge is 0.0139 e. The van der Waals surface area contributed by atoms with Crippen molar-refractivity contribution in [3.8, 4) is 0 Å². The van der Waals surface area contributed by atoms with Crippen LogP contribution in [0.4, 0.5) is 0 Å². The zero-order chi connectivity index (χ0) is 12.6. The summed E-state index contributed by atoms with van der Waals surface area (Å²) in [6.45, 7) is 13.7. The first-order valence-electron chi connectivity index (χ1n) is 6.76. The normalized spacial score (nSPS) is 15.7. The average molecular weight is 222 g/mol. The van der Waals surface area contributed by atoms with Crippen LogP contribution in [0.3, 0.4) is 0 Å². The van der Waals surface area contributed by atoms with E-state index < -0.39 is 0 Å². The maximum Gasteiger partial charge on any atom is -0.0139 e. The van der Waals surface area contributed by atoms with Gasteiger partial charge in [0.25, 0.3) is 0 Å². The first-order valence-corrected chi connectivity index (χ1v) is 6.76. The van der Waals surface area contributed by atoms with Crippen LogP contribution in [-0.2, 0) is 0 Å². The molecule has 1 unspecified atom stereocenters. The quantitative estimate of drug-likeness (QED) is 0.481. The highest BCUT2D eigenvalue weighted by molar-refractivity contribution is 5.08. The van der Waals surface area contributed by atoms with E-state index in [1.165, 1.54) is 30.4 Å². The van der Waals surface area contributed by atoms with Crippen LogP contribution in [0.1, 0.15) is 67.2 Å². The largest absolute Gasteiger partial charge is 0.0850 e. The Hall–Kier alpha value is -0.520. The van der Waals surface area contributed by atoms with Crippen molar-refractivity contribution in [1.29, 1.82) is 0 Å². The van der Waals surface area contributed by atoms with E-state index in [1.54, 1.807) is 0 Å². The molecule has 0 spiro atoms. The number of hydrogen-bond donors (Lipinski definition) is 0. The molecule has 0 aliphatic carbocycles. The van der Waals surface area contributed by atoms with Gasteiger partial charge in [-0.2, -0.15) is 0 Å². The first kappa shape index (κ1) is 15.5. The van der Waals surface area contributed by atoms with Crippen molar-refractivity contribution in [2.24, 2.45) is 11.8 Å². The summed E-state index contributed by atoms with van der Waals surface area (Å²) in [5.74, 6) is 1.65. The molecule has 0 N–H and O–H groups in total. The van der Waals surface area contributed by atoms with Gasteiger partial charge in [0.2, 0.25) is 0 Å². The highest BCUT2D eigenvalue weighted by Gasteiger charge is 2.02. The summed E-state index contributed by atoms with van der Waals surface area (Å²) >= 11 is 0. The minimum atomic E-state index is 0.825. The highest BCUT2D eigenvalue weighted by atomic mass is 14.1. The summed E-state index contributed by atoms with van der Waals surface area (Å²) in [6.07, 6.45) is 9.67. The highest BCUT2D eigenvalue weighted by Crippen LogP contribution is 2.17. The zero-order valence-electron chi connectivity index (χ0n) is 12.1. The number of hydrogen-bond acceptors (Lipinski definition) is 0. The van der Waals surface area contributed by atoms with Crippen molar-refractivity contribution < 1.29 is 0 Å². The van der Waals surface area contributed by atoms with Crippen LogP contribution in [0.15, 0.2) is 23.3 Å². The fraction of sp³-hybridized carbons (Fsp3) is 0.750. The summed E-state index contributed by atoms with van der Waals surface area (Å²) in [6, 6.07) is 0. The summed E-state index contributed by atoms with van der Waals surface area (Å²) in [4.78, 5) is 0. The Kier molecular flexibility index (Phi) is 8.33. The molecule has 0 aromatic rings. The predicted octanol–water partition coefficient (Wildman–Crippen LogP) is 5.75. The molecule has 0 aliphatic heterocycles. The SMILES string of the molecule is CC/C(C)=C/C/C(C)=C\CC(C)CC(C)C. The Balaban J connectivity index is 3.95. The maximum absolute atomic E-state index is 2.42. The van der Waals surface area contributed by atoms with Crippen molar-refractivity contribution in [1.82, 2.24) is 0 Å². The minimum absolute atomic E-state index is 0.825. The maximum atomic E-state index is 2.42. The van der Waals surface area contributed by atoms with E-state index in [0.717, 1.165) is 18.3 Å². The Bertz CT molecular complexity index is 230. The van der Waals surface area contributed by atoms with Gasteiger partial charge in [-0.05, 0) is 51.4 Å². The van der Waals surface area contributed by atoms with E-state index in [4.69, 9.17) is 0 Å². The fourth-order valence-corrected chi connectivity index (χ4v) is 1.87. The second kappa shape index (κ2) is 8.61. The molecular formula is C16H30. The zero-order valence-corrected chi connectivity index (χ0v) is 12.1. The van der Waals surface area contributed by atoms with Crippen molar-refractivity contribution in [2.75, 3.05) is 0 Å². The molecule has 0 amide bonds. The van der Waals surface area contributed by atoms with Gasteiger partial charge in [-0.1, -0.05) is 51.0 Å². The van der Waals surface area contributed by atoms with Crippen molar-refractivity contribution >= 4 is 0 Å². The summed E-state index contributed by atoms with van der Waals surface area (Å²) in [5, 5.41) is 0. The molecule has 0 radical (unpaired) electrons. The van der Waals surface area contributed by atoms with Crippen molar-refractivity contribution in [3.05, 3.63) is 23.3 Å². The lowest BCUT2D eigenvalue weighted by Crippen LogP contribution is -1.98. The van der Waals surface area contributed by atoms with Gasteiger partial charge in [0.15, 0.2) is 0 Å². The van der Waals surface area contributed by atoms with Crippen LogP contribution >= 0.6 is 0 Å². The molecule has 0 heteroatoms. The Labute approximate surface area is 103 Å². The molecular weight excluding hydrogens is 192 g/mol. The first-order chi connectivity index (χ1) is 7.45.